The smallest absolute Gasteiger partial charge is 0.270 e. The number of nitro groups is 1. The van der Waals surface area contributed by atoms with Crippen LogP contribution in [0.25, 0.3) is 0 Å². The highest BCUT2D eigenvalue weighted by Crippen LogP contribution is 2.22. The molecular formula is C14H17N5O5S. The largest absolute Gasteiger partial charge is 0.424 e. The van der Waals surface area contributed by atoms with Gasteiger partial charge < -0.3 is 4.42 Å². The summed E-state index contributed by atoms with van der Waals surface area (Å²) < 4.78 is 32.0. The minimum absolute atomic E-state index is 0.0670. The average Bonchev–Trinajstić information content (AvgIpc) is 3.00. The fourth-order valence-corrected chi connectivity index (χ4v) is 4.09. The molecule has 0 spiro atoms. The van der Waals surface area contributed by atoms with E-state index in [9.17, 15) is 18.5 Å². The maximum absolute atomic E-state index is 12.7. The Bertz CT molecular complexity index is 873. The van der Waals surface area contributed by atoms with E-state index in [1.54, 1.807) is 6.92 Å². The molecule has 0 amide bonds. The lowest BCUT2D eigenvalue weighted by Crippen LogP contribution is -2.48. The lowest BCUT2D eigenvalue weighted by molar-refractivity contribution is -0.385. The number of non-ortho nitro benzene ring substituents is 1. The summed E-state index contributed by atoms with van der Waals surface area (Å²) in [7, 11) is -3.76. The van der Waals surface area contributed by atoms with Gasteiger partial charge in [0.05, 0.1) is 16.4 Å². The maximum atomic E-state index is 12.7. The van der Waals surface area contributed by atoms with Crippen LogP contribution in [0.15, 0.2) is 33.6 Å². The third-order valence-corrected chi connectivity index (χ3v) is 5.82. The number of hydrogen-bond acceptors (Lipinski definition) is 8. The molecule has 11 heteroatoms. The Kier molecular flexibility index (Phi) is 4.79. The molecule has 1 aromatic carbocycles. The van der Waals surface area contributed by atoms with E-state index in [1.165, 1.54) is 22.5 Å². The molecule has 0 unspecified atom stereocenters. The number of aryl methyl sites for hydroxylation is 1. The molecule has 25 heavy (non-hydrogen) atoms. The van der Waals surface area contributed by atoms with Gasteiger partial charge in [-0.05, 0) is 6.07 Å². The van der Waals surface area contributed by atoms with Gasteiger partial charge in [0, 0.05) is 45.2 Å². The molecule has 0 N–H and O–H groups in total. The van der Waals surface area contributed by atoms with E-state index in [0.717, 1.165) is 6.07 Å². The third-order valence-electron chi connectivity index (χ3n) is 3.92. The highest BCUT2D eigenvalue weighted by atomic mass is 32.2. The monoisotopic (exact) mass is 367 g/mol. The summed E-state index contributed by atoms with van der Waals surface area (Å²) in [6.07, 6.45) is 0. The van der Waals surface area contributed by atoms with E-state index < -0.39 is 14.9 Å². The summed E-state index contributed by atoms with van der Waals surface area (Å²) in [5.41, 5.74) is -0.244. The molecule has 134 valence electrons. The summed E-state index contributed by atoms with van der Waals surface area (Å²) in [5.74, 6) is 0.981. The summed E-state index contributed by atoms with van der Waals surface area (Å²) in [5, 5.41) is 18.5. The SMILES string of the molecule is Cc1nnc(CN2CCN(S(=O)(=O)c3cccc([N+](=O)[O-])c3)CC2)o1. The second-order valence-electron chi connectivity index (χ2n) is 5.65. The number of hydrogen-bond donors (Lipinski definition) is 0. The number of rotatable bonds is 5. The van der Waals surface area contributed by atoms with Crippen LogP contribution in [0, 0.1) is 17.0 Å². The first-order chi connectivity index (χ1) is 11.9. The van der Waals surface area contributed by atoms with Crippen LogP contribution in [-0.4, -0.2) is 58.9 Å². The Morgan fingerprint density at radius 2 is 1.96 bits per heavy atom. The molecule has 0 saturated carbocycles. The Balaban J connectivity index is 1.67. The van der Waals surface area contributed by atoms with Gasteiger partial charge in [-0.3, -0.25) is 15.0 Å². The van der Waals surface area contributed by atoms with Crippen LogP contribution >= 0.6 is 0 Å². The predicted molar refractivity (Wildman–Crippen MR) is 86.2 cm³/mol. The predicted octanol–water partition coefficient (Wildman–Crippen LogP) is 0.793. The van der Waals surface area contributed by atoms with Gasteiger partial charge >= 0.3 is 0 Å². The molecule has 10 nitrogen and oxygen atoms in total. The number of piperazine rings is 1. The van der Waals surface area contributed by atoms with Crippen LogP contribution in [0.2, 0.25) is 0 Å². The van der Waals surface area contributed by atoms with Crippen molar-refractivity contribution >= 4 is 15.7 Å². The van der Waals surface area contributed by atoms with Gasteiger partial charge in [-0.25, -0.2) is 8.42 Å². The second kappa shape index (κ2) is 6.86. The first-order valence-corrected chi connectivity index (χ1v) is 9.06. The minimum Gasteiger partial charge on any atom is -0.424 e. The number of nitro benzene ring substituents is 1. The normalized spacial score (nSPS) is 16.8. The second-order valence-corrected chi connectivity index (χ2v) is 7.59. The van der Waals surface area contributed by atoms with Gasteiger partial charge in [-0.15, -0.1) is 10.2 Å². The molecule has 1 fully saturated rings. The highest BCUT2D eigenvalue weighted by molar-refractivity contribution is 7.89. The van der Waals surface area contributed by atoms with Gasteiger partial charge in [-0.1, -0.05) is 6.07 Å². The number of benzene rings is 1. The van der Waals surface area contributed by atoms with E-state index in [0.29, 0.717) is 31.4 Å². The Morgan fingerprint density at radius 3 is 2.56 bits per heavy atom. The van der Waals surface area contributed by atoms with Crippen molar-refractivity contribution in [3.05, 3.63) is 46.2 Å². The van der Waals surface area contributed by atoms with Gasteiger partial charge in [0.25, 0.3) is 5.69 Å². The van der Waals surface area contributed by atoms with Crippen LogP contribution < -0.4 is 0 Å². The quantitative estimate of drug-likeness (QED) is 0.561. The molecule has 0 atom stereocenters. The van der Waals surface area contributed by atoms with Crippen molar-refractivity contribution in [1.29, 1.82) is 0 Å². The van der Waals surface area contributed by atoms with Crippen molar-refractivity contribution in [2.75, 3.05) is 26.2 Å². The first kappa shape index (κ1) is 17.5. The van der Waals surface area contributed by atoms with E-state index >= 15 is 0 Å². The summed E-state index contributed by atoms with van der Waals surface area (Å²) >= 11 is 0. The lowest BCUT2D eigenvalue weighted by Gasteiger charge is -2.33. The number of sulfonamides is 1. The molecule has 1 saturated heterocycles. The van der Waals surface area contributed by atoms with Crippen molar-refractivity contribution < 1.29 is 17.8 Å². The minimum atomic E-state index is -3.76. The lowest BCUT2D eigenvalue weighted by atomic mass is 10.3. The molecule has 1 aromatic heterocycles. The van der Waals surface area contributed by atoms with Crippen LogP contribution in [-0.2, 0) is 16.6 Å². The summed E-state index contributed by atoms with van der Waals surface area (Å²) in [6.45, 7) is 3.77. The van der Waals surface area contributed by atoms with Crippen LogP contribution in [0.4, 0.5) is 5.69 Å². The van der Waals surface area contributed by atoms with Gasteiger partial charge in [-0.2, -0.15) is 4.31 Å². The van der Waals surface area contributed by atoms with Crippen LogP contribution in [0.3, 0.4) is 0 Å². The van der Waals surface area contributed by atoms with Crippen molar-refractivity contribution in [2.45, 2.75) is 18.4 Å². The zero-order valence-electron chi connectivity index (χ0n) is 13.5. The van der Waals surface area contributed by atoms with E-state index in [-0.39, 0.29) is 23.7 Å². The molecular weight excluding hydrogens is 350 g/mol. The van der Waals surface area contributed by atoms with Gasteiger partial charge in [0.2, 0.25) is 21.8 Å². The van der Waals surface area contributed by atoms with E-state index in [1.807, 2.05) is 4.90 Å². The highest BCUT2D eigenvalue weighted by Gasteiger charge is 2.29. The molecule has 0 radical (unpaired) electrons. The Hall–Kier alpha value is -2.37. The summed E-state index contributed by atoms with van der Waals surface area (Å²) in [6, 6.07) is 5.10. The molecule has 2 aromatic rings. The Labute approximate surface area is 144 Å². The number of aromatic nitrogens is 2. The first-order valence-electron chi connectivity index (χ1n) is 7.62. The maximum Gasteiger partial charge on any atom is 0.270 e. The topological polar surface area (TPSA) is 123 Å². The Morgan fingerprint density at radius 1 is 1.24 bits per heavy atom. The van der Waals surface area contributed by atoms with E-state index in [2.05, 4.69) is 10.2 Å². The zero-order valence-corrected chi connectivity index (χ0v) is 14.3. The summed E-state index contributed by atoms with van der Waals surface area (Å²) in [4.78, 5) is 12.2. The van der Waals surface area contributed by atoms with E-state index in [4.69, 9.17) is 4.42 Å². The third kappa shape index (κ3) is 3.83. The van der Waals surface area contributed by atoms with Gasteiger partial charge in [0.1, 0.15) is 0 Å². The van der Waals surface area contributed by atoms with Crippen LogP contribution in [0.5, 0.6) is 0 Å². The molecule has 3 rings (SSSR count). The fourth-order valence-electron chi connectivity index (χ4n) is 2.63. The van der Waals surface area contributed by atoms with Crippen LogP contribution in [0.1, 0.15) is 11.8 Å². The van der Waals surface area contributed by atoms with Crippen molar-refractivity contribution in [3.8, 4) is 0 Å². The van der Waals surface area contributed by atoms with Crippen molar-refractivity contribution in [3.63, 3.8) is 0 Å². The van der Waals surface area contributed by atoms with Crippen molar-refractivity contribution in [2.24, 2.45) is 0 Å². The molecule has 1 aliphatic heterocycles. The molecule has 2 heterocycles. The number of nitrogens with zero attached hydrogens (tertiary/aromatic N) is 5. The fraction of sp³-hybridized carbons (Fsp3) is 0.429. The van der Waals surface area contributed by atoms with Crippen molar-refractivity contribution in [1.82, 2.24) is 19.4 Å². The standard InChI is InChI=1S/C14H17N5O5S/c1-11-15-16-14(24-11)10-17-5-7-18(8-6-17)25(22,23)13-4-2-3-12(9-13)19(20)21/h2-4,9H,5-8,10H2,1H3. The average molecular weight is 367 g/mol. The molecule has 0 aliphatic carbocycles. The molecule has 0 bridgehead atoms. The zero-order chi connectivity index (χ0) is 18.0. The van der Waals surface area contributed by atoms with Gasteiger partial charge in [0.15, 0.2) is 0 Å². The molecule has 1 aliphatic rings.